The molecule has 0 aliphatic rings. The van der Waals surface area contributed by atoms with Gasteiger partial charge in [-0.25, -0.2) is 0 Å². The summed E-state index contributed by atoms with van der Waals surface area (Å²) in [5, 5.41) is 10.3. The van der Waals surface area contributed by atoms with Crippen molar-refractivity contribution in [1.29, 1.82) is 5.26 Å². The van der Waals surface area contributed by atoms with Gasteiger partial charge in [-0.3, -0.25) is 0 Å². The second kappa shape index (κ2) is 3.04. The molecule has 2 nitrogen and oxygen atoms in total. The van der Waals surface area contributed by atoms with E-state index in [-0.39, 0.29) is 0 Å². The molecular formula is C11H9ClN2. The maximum absolute atomic E-state index is 8.93. The van der Waals surface area contributed by atoms with Crippen LogP contribution in [-0.4, -0.2) is 4.98 Å². The minimum Gasteiger partial charge on any atom is -0.344 e. The van der Waals surface area contributed by atoms with E-state index in [2.05, 4.69) is 17.1 Å². The highest BCUT2D eigenvalue weighted by molar-refractivity contribution is 6.32. The van der Waals surface area contributed by atoms with Crippen molar-refractivity contribution in [1.82, 2.24) is 4.98 Å². The van der Waals surface area contributed by atoms with E-state index in [0.717, 1.165) is 22.0 Å². The normalized spacial score (nSPS) is 10.4. The smallest absolute Gasteiger partial charge is 0.125 e. The summed E-state index contributed by atoms with van der Waals surface area (Å²) in [5.74, 6) is 0. The Morgan fingerprint density at radius 2 is 2.07 bits per heavy atom. The van der Waals surface area contributed by atoms with Crippen LogP contribution in [0.2, 0.25) is 5.15 Å². The van der Waals surface area contributed by atoms with Crippen LogP contribution in [-0.2, 0) is 0 Å². The van der Waals surface area contributed by atoms with Gasteiger partial charge in [0.2, 0.25) is 0 Å². The van der Waals surface area contributed by atoms with Gasteiger partial charge < -0.3 is 4.98 Å². The molecule has 1 heterocycles. The number of aryl methyl sites for hydroxylation is 2. The number of aromatic nitrogens is 1. The molecular weight excluding hydrogens is 196 g/mol. The van der Waals surface area contributed by atoms with Gasteiger partial charge in [0.15, 0.2) is 0 Å². The topological polar surface area (TPSA) is 39.6 Å². The Hall–Kier alpha value is -1.46. The highest BCUT2D eigenvalue weighted by Gasteiger charge is 2.10. The van der Waals surface area contributed by atoms with Crippen LogP contribution in [0.4, 0.5) is 0 Å². The molecule has 1 N–H and O–H groups in total. The zero-order chi connectivity index (χ0) is 10.3. The van der Waals surface area contributed by atoms with Crippen molar-refractivity contribution in [3.63, 3.8) is 0 Å². The largest absolute Gasteiger partial charge is 0.344 e. The molecule has 0 amide bonds. The van der Waals surface area contributed by atoms with Gasteiger partial charge in [-0.05, 0) is 25.5 Å². The van der Waals surface area contributed by atoms with Crippen LogP contribution in [0.3, 0.4) is 0 Å². The Bertz CT molecular complexity index is 546. The fraction of sp³-hybridized carbons (Fsp3) is 0.182. The van der Waals surface area contributed by atoms with E-state index in [1.54, 1.807) is 0 Å². The van der Waals surface area contributed by atoms with Crippen LogP contribution in [0.5, 0.6) is 0 Å². The van der Waals surface area contributed by atoms with Gasteiger partial charge in [-0.2, -0.15) is 5.26 Å². The number of benzene rings is 1. The van der Waals surface area contributed by atoms with E-state index in [1.165, 1.54) is 0 Å². The van der Waals surface area contributed by atoms with Gasteiger partial charge in [0.1, 0.15) is 11.2 Å². The van der Waals surface area contributed by atoms with Crippen molar-refractivity contribution < 1.29 is 0 Å². The maximum Gasteiger partial charge on any atom is 0.125 e. The lowest BCUT2D eigenvalue weighted by molar-refractivity contribution is 1.38. The van der Waals surface area contributed by atoms with Crippen molar-refractivity contribution in [2.75, 3.05) is 0 Å². The number of hydrogen-bond acceptors (Lipinski definition) is 1. The van der Waals surface area contributed by atoms with E-state index < -0.39 is 0 Å². The Morgan fingerprint density at radius 3 is 2.71 bits per heavy atom. The number of nitrogens with one attached hydrogen (secondary N) is 1. The van der Waals surface area contributed by atoms with Gasteiger partial charge in [-0.1, -0.05) is 23.2 Å². The van der Waals surface area contributed by atoms with E-state index in [0.29, 0.717) is 10.7 Å². The number of nitrogens with zero attached hydrogens (tertiary/aromatic N) is 1. The summed E-state index contributed by atoms with van der Waals surface area (Å²) in [6.07, 6.45) is 0. The van der Waals surface area contributed by atoms with E-state index >= 15 is 0 Å². The monoisotopic (exact) mass is 204 g/mol. The number of nitriles is 1. The predicted octanol–water partition coefficient (Wildman–Crippen LogP) is 3.31. The lowest BCUT2D eigenvalue weighted by Crippen LogP contribution is -1.79. The van der Waals surface area contributed by atoms with Crippen LogP contribution in [0.25, 0.3) is 10.9 Å². The maximum atomic E-state index is 8.93. The minimum atomic E-state index is 0.427. The molecule has 3 heteroatoms. The SMILES string of the molecule is Cc1cc(C)c2[nH]c(Cl)c(C#N)c2c1. The molecule has 0 aliphatic heterocycles. The van der Waals surface area contributed by atoms with Crippen LogP contribution in [0.1, 0.15) is 16.7 Å². The molecule has 0 fully saturated rings. The van der Waals surface area contributed by atoms with Crippen LogP contribution in [0.15, 0.2) is 12.1 Å². The molecule has 0 spiro atoms. The molecule has 1 aromatic heterocycles. The first-order valence-electron chi connectivity index (χ1n) is 4.32. The van der Waals surface area contributed by atoms with Gasteiger partial charge in [-0.15, -0.1) is 0 Å². The molecule has 2 rings (SSSR count). The Balaban J connectivity index is 2.97. The molecule has 0 radical (unpaired) electrons. The molecule has 1 aromatic carbocycles. The summed E-state index contributed by atoms with van der Waals surface area (Å²) >= 11 is 5.91. The lowest BCUT2D eigenvalue weighted by atomic mass is 10.1. The third-order valence-corrected chi connectivity index (χ3v) is 2.60. The number of hydrogen-bond donors (Lipinski definition) is 1. The van der Waals surface area contributed by atoms with E-state index in [9.17, 15) is 0 Å². The van der Waals surface area contributed by atoms with Crippen molar-refractivity contribution in [2.45, 2.75) is 13.8 Å². The Kier molecular flexibility index (Phi) is 1.98. The van der Waals surface area contributed by atoms with Crippen molar-refractivity contribution in [2.24, 2.45) is 0 Å². The third kappa shape index (κ3) is 1.18. The summed E-state index contributed by atoms with van der Waals surface area (Å²) in [6, 6.07) is 6.15. The fourth-order valence-corrected chi connectivity index (χ4v) is 1.97. The van der Waals surface area contributed by atoms with Crippen LogP contribution < -0.4 is 0 Å². The number of fused-ring (bicyclic) bond motifs is 1. The molecule has 70 valence electrons. The Labute approximate surface area is 87.1 Å². The average molecular weight is 205 g/mol. The second-order valence-electron chi connectivity index (χ2n) is 3.43. The molecule has 0 atom stereocenters. The highest BCUT2D eigenvalue weighted by atomic mass is 35.5. The van der Waals surface area contributed by atoms with Gasteiger partial charge in [0.05, 0.1) is 11.1 Å². The van der Waals surface area contributed by atoms with Crippen LogP contribution >= 0.6 is 11.6 Å². The summed E-state index contributed by atoms with van der Waals surface area (Å²) in [6.45, 7) is 4.01. The average Bonchev–Trinajstić information content (AvgIpc) is 2.41. The molecule has 0 saturated carbocycles. The van der Waals surface area contributed by atoms with Crippen molar-refractivity contribution >= 4 is 22.5 Å². The molecule has 0 saturated heterocycles. The standard InChI is InChI=1S/C11H9ClN2/c1-6-3-7(2)10-8(4-6)9(5-13)11(12)14-10/h3-4,14H,1-2H3. The fourth-order valence-electron chi connectivity index (χ4n) is 1.73. The van der Waals surface area contributed by atoms with Crippen LogP contribution in [0, 0.1) is 25.2 Å². The van der Waals surface area contributed by atoms with Gasteiger partial charge >= 0.3 is 0 Å². The van der Waals surface area contributed by atoms with Gasteiger partial charge in [0.25, 0.3) is 0 Å². The first-order chi connectivity index (χ1) is 6.63. The zero-order valence-electron chi connectivity index (χ0n) is 7.98. The number of aromatic amines is 1. The van der Waals surface area contributed by atoms with E-state index in [1.807, 2.05) is 19.9 Å². The molecule has 14 heavy (non-hydrogen) atoms. The number of halogens is 1. The van der Waals surface area contributed by atoms with Gasteiger partial charge in [0, 0.05) is 5.39 Å². The molecule has 0 unspecified atom stereocenters. The molecule has 2 aromatic rings. The summed E-state index contributed by atoms with van der Waals surface area (Å²) in [5.41, 5.74) is 3.75. The number of H-pyrrole nitrogens is 1. The minimum absolute atomic E-state index is 0.427. The van der Waals surface area contributed by atoms with Crippen molar-refractivity contribution in [3.05, 3.63) is 34.0 Å². The highest BCUT2D eigenvalue weighted by Crippen LogP contribution is 2.28. The predicted molar refractivity (Wildman–Crippen MR) is 57.5 cm³/mol. The van der Waals surface area contributed by atoms with Crippen molar-refractivity contribution in [3.8, 4) is 6.07 Å². The summed E-state index contributed by atoms with van der Waals surface area (Å²) in [7, 11) is 0. The first kappa shape index (κ1) is 9.11. The summed E-state index contributed by atoms with van der Waals surface area (Å²) < 4.78 is 0. The second-order valence-corrected chi connectivity index (χ2v) is 3.81. The third-order valence-electron chi connectivity index (χ3n) is 2.32. The molecule has 0 bridgehead atoms. The quantitative estimate of drug-likeness (QED) is 0.703. The molecule has 0 aliphatic carbocycles. The summed E-state index contributed by atoms with van der Waals surface area (Å²) in [4.78, 5) is 3.02. The number of rotatable bonds is 0. The van der Waals surface area contributed by atoms with E-state index in [4.69, 9.17) is 16.9 Å². The zero-order valence-corrected chi connectivity index (χ0v) is 8.74. The Morgan fingerprint density at radius 1 is 1.36 bits per heavy atom. The first-order valence-corrected chi connectivity index (χ1v) is 4.70. The lowest BCUT2D eigenvalue weighted by Gasteiger charge is -1.98.